The highest BCUT2D eigenvalue weighted by molar-refractivity contribution is 7.99. The number of halogens is 1. The number of phenols is 1. The van der Waals surface area contributed by atoms with Gasteiger partial charge in [-0.1, -0.05) is 47.2 Å². The first-order valence-electron chi connectivity index (χ1n) is 10.2. The Labute approximate surface area is 204 Å². The van der Waals surface area contributed by atoms with E-state index < -0.39 is 5.75 Å². The highest BCUT2D eigenvalue weighted by Crippen LogP contribution is 2.23. The van der Waals surface area contributed by atoms with Gasteiger partial charge in [0, 0.05) is 5.02 Å². The van der Waals surface area contributed by atoms with Gasteiger partial charge >= 0.3 is 5.16 Å². The van der Waals surface area contributed by atoms with Crippen molar-refractivity contribution in [2.45, 2.75) is 12.1 Å². The van der Waals surface area contributed by atoms with E-state index in [1.165, 1.54) is 36.2 Å². The number of phenolic OH excluding ortho intramolecular Hbond substituents is 1. The first-order chi connectivity index (χ1) is 16.4. The SMILES string of the molecule is Cc1ccc(-[n+]2c(SCC(=O)N/N=C/c3ccc([O-])c(O)c3)n[nH]c2-c2ccc(Cl)cc2)cc1. The molecule has 0 unspecified atom stereocenters. The molecule has 34 heavy (non-hydrogen) atoms. The summed E-state index contributed by atoms with van der Waals surface area (Å²) < 4.78 is 1.94. The molecule has 0 atom stereocenters. The minimum Gasteiger partial charge on any atom is -0.870 e. The van der Waals surface area contributed by atoms with E-state index in [2.05, 4.69) is 20.7 Å². The minimum atomic E-state index is -0.476. The van der Waals surface area contributed by atoms with Crippen molar-refractivity contribution >= 4 is 35.5 Å². The molecule has 0 aliphatic heterocycles. The molecule has 3 N–H and O–H groups in total. The van der Waals surface area contributed by atoms with E-state index in [0.717, 1.165) is 22.6 Å². The number of hydrogen-bond donors (Lipinski definition) is 3. The van der Waals surface area contributed by atoms with Gasteiger partial charge in [0.15, 0.2) is 0 Å². The maximum atomic E-state index is 12.3. The molecule has 10 heteroatoms. The number of H-pyrrole nitrogens is 1. The summed E-state index contributed by atoms with van der Waals surface area (Å²) in [6, 6.07) is 19.4. The third kappa shape index (κ3) is 5.56. The fourth-order valence-electron chi connectivity index (χ4n) is 3.08. The number of amides is 1. The van der Waals surface area contributed by atoms with Crippen LogP contribution in [-0.4, -0.2) is 33.2 Å². The average molecular weight is 494 g/mol. The summed E-state index contributed by atoms with van der Waals surface area (Å²) in [6.45, 7) is 2.01. The van der Waals surface area contributed by atoms with Gasteiger partial charge in [0.1, 0.15) is 11.4 Å². The quantitative estimate of drug-likeness (QED) is 0.158. The van der Waals surface area contributed by atoms with Crippen molar-refractivity contribution in [3.8, 4) is 28.6 Å². The van der Waals surface area contributed by atoms with Crippen LogP contribution in [0.1, 0.15) is 11.1 Å². The Balaban J connectivity index is 1.50. The Kier molecular flexibility index (Phi) is 7.15. The van der Waals surface area contributed by atoms with Crippen molar-refractivity contribution in [2.24, 2.45) is 5.10 Å². The van der Waals surface area contributed by atoms with Crippen molar-refractivity contribution in [2.75, 3.05) is 5.75 Å². The van der Waals surface area contributed by atoms with Crippen LogP contribution in [0.4, 0.5) is 0 Å². The van der Waals surface area contributed by atoms with Gasteiger partial charge < -0.3 is 10.2 Å². The van der Waals surface area contributed by atoms with Crippen LogP contribution in [-0.2, 0) is 4.79 Å². The highest BCUT2D eigenvalue weighted by Gasteiger charge is 2.24. The standard InChI is InChI=1S/C24H20ClN5O3S/c1-15-2-9-19(10-3-15)30-23(17-5-7-18(25)8-6-17)28-29-24(30)34-14-22(33)27-26-13-16-4-11-20(31)21(32)12-16/h2-13H,14H2,1H3,(H3,26,27,31,32,33). The molecule has 0 radical (unpaired) electrons. The third-order valence-corrected chi connectivity index (χ3v) is 5.99. The van der Waals surface area contributed by atoms with Crippen LogP contribution in [0.25, 0.3) is 17.1 Å². The van der Waals surface area contributed by atoms with E-state index in [4.69, 9.17) is 11.6 Å². The maximum Gasteiger partial charge on any atom is 0.342 e. The number of carbonyl (C=O) groups is 1. The monoisotopic (exact) mass is 493 g/mol. The van der Waals surface area contributed by atoms with Crippen molar-refractivity contribution in [1.29, 1.82) is 0 Å². The van der Waals surface area contributed by atoms with Gasteiger partial charge in [-0.3, -0.25) is 4.79 Å². The summed E-state index contributed by atoms with van der Waals surface area (Å²) in [6.07, 6.45) is 1.35. The Morgan fingerprint density at radius 2 is 1.94 bits per heavy atom. The summed E-state index contributed by atoms with van der Waals surface area (Å²) in [5.74, 6) is -0.364. The normalized spacial score (nSPS) is 11.1. The van der Waals surface area contributed by atoms with Crippen LogP contribution in [0.2, 0.25) is 5.02 Å². The Hall–Kier alpha value is -3.82. The number of nitrogens with zero attached hydrogens (tertiary/aromatic N) is 3. The molecule has 0 saturated heterocycles. The summed E-state index contributed by atoms with van der Waals surface area (Å²) >= 11 is 7.29. The number of aromatic amines is 1. The molecule has 1 amide bonds. The van der Waals surface area contributed by atoms with Gasteiger partial charge in [-0.2, -0.15) is 9.67 Å². The number of aromatic nitrogens is 3. The fourth-order valence-corrected chi connectivity index (χ4v) is 3.97. The van der Waals surface area contributed by atoms with Crippen LogP contribution in [0.3, 0.4) is 0 Å². The zero-order valence-electron chi connectivity index (χ0n) is 18.0. The first kappa shape index (κ1) is 23.3. The van der Waals surface area contributed by atoms with E-state index in [0.29, 0.717) is 15.7 Å². The first-order valence-corrected chi connectivity index (χ1v) is 11.6. The molecule has 0 bridgehead atoms. The largest absolute Gasteiger partial charge is 0.870 e. The molecular formula is C24H20ClN5O3S. The van der Waals surface area contributed by atoms with E-state index in [1.807, 2.05) is 47.9 Å². The average Bonchev–Trinajstić information content (AvgIpc) is 3.25. The fraction of sp³-hybridized carbons (Fsp3) is 0.0833. The molecule has 0 spiro atoms. The lowest BCUT2D eigenvalue weighted by atomic mass is 10.2. The number of hydrazone groups is 1. The number of aromatic hydroxyl groups is 1. The van der Waals surface area contributed by atoms with Gasteiger partial charge in [-0.25, -0.2) is 5.43 Å². The van der Waals surface area contributed by atoms with Gasteiger partial charge in [-0.05, 0) is 66.7 Å². The molecular weight excluding hydrogens is 474 g/mol. The van der Waals surface area contributed by atoms with Crippen molar-refractivity contribution in [3.63, 3.8) is 0 Å². The molecule has 1 heterocycles. The number of benzene rings is 3. The summed E-state index contributed by atoms with van der Waals surface area (Å²) in [5.41, 5.74) is 5.84. The smallest absolute Gasteiger partial charge is 0.342 e. The lowest BCUT2D eigenvalue weighted by molar-refractivity contribution is -0.625. The molecule has 0 aliphatic carbocycles. The lowest BCUT2D eigenvalue weighted by Gasteiger charge is -2.07. The number of rotatable bonds is 7. The second-order valence-corrected chi connectivity index (χ2v) is 8.72. The van der Waals surface area contributed by atoms with Gasteiger partial charge in [-0.15, -0.1) is 5.10 Å². The Bertz CT molecular complexity index is 1340. The van der Waals surface area contributed by atoms with Crippen LogP contribution >= 0.6 is 23.4 Å². The maximum absolute atomic E-state index is 12.3. The minimum absolute atomic E-state index is 0.0683. The Morgan fingerprint density at radius 3 is 2.65 bits per heavy atom. The molecule has 0 aliphatic rings. The zero-order valence-corrected chi connectivity index (χ0v) is 19.6. The van der Waals surface area contributed by atoms with Crippen molar-refractivity contribution in [1.82, 2.24) is 15.6 Å². The van der Waals surface area contributed by atoms with E-state index in [9.17, 15) is 15.0 Å². The topological polar surface area (TPSA) is 117 Å². The molecule has 8 nitrogen and oxygen atoms in total. The molecule has 0 fully saturated rings. The summed E-state index contributed by atoms with van der Waals surface area (Å²) in [4.78, 5) is 12.3. The molecule has 1 aromatic heterocycles. The second kappa shape index (κ2) is 10.4. The molecule has 172 valence electrons. The number of aryl methyl sites for hydroxylation is 1. The van der Waals surface area contributed by atoms with Gasteiger partial charge in [0.05, 0.1) is 22.6 Å². The zero-order chi connectivity index (χ0) is 24.1. The van der Waals surface area contributed by atoms with E-state index in [1.54, 1.807) is 12.1 Å². The second-order valence-electron chi connectivity index (χ2n) is 7.34. The molecule has 0 saturated carbocycles. The Morgan fingerprint density at radius 1 is 1.21 bits per heavy atom. The van der Waals surface area contributed by atoms with Crippen LogP contribution in [0.15, 0.2) is 77.0 Å². The van der Waals surface area contributed by atoms with Crippen molar-refractivity contribution in [3.05, 3.63) is 82.9 Å². The van der Waals surface area contributed by atoms with E-state index in [-0.39, 0.29) is 17.4 Å². The van der Waals surface area contributed by atoms with Crippen LogP contribution in [0.5, 0.6) is 11.5 Å². The highest BCUT2D eigenvalue weighted by atomic mass is 35.5. The third-order valence-electron chi connectivity index (χ3n) is 4.80. The van der Waals surface area contributed by atoms with Crippen LogP contribution < -0.4 is 15.1 Å². The van der Waals surface area contributed by atoms with Crippen molar-refractivity contribution < 1.29 is 19.6 Å². The van der Waals surface area contributed by atoms with Gasteiger partial charge in [0.25, 0.3) is 11.7 Å². The molecule has 4 rings (SSSR count). The predicted molar refractivity (Wildman–Crippen MR) is 129 cm³/mol. The lowest BCUT2D eigenvalue weighted by Crippen LogP contribution is -2.34. The number of thioether (sulfide) groups is 1. The summed E-state index contributed by atoms with van der Waals surface area (Å²) in [5, 5.41) is 33.3. The molecule has 4 aromatic rings. The number of carbonyl (C=O) groups excluding carboxylic acids is 1. The predicted octanol–water partition coefficient (Wildman–Crippen LogP) is 3.34. The summed E-state index contributed by atoms with van der Waals surface area (Å²) in [7, 11) is 0. The molecule has 3 aromatic carbocycles. The number of nitrogens with one attached hydrogen (secondary N) is 2. The van der Waals surface area contributed by atoms with E-state index >= 15 is 0 Å². The van der Waals surface area contributed by atoms with Gasteiger partial charge in [0.2, 0.25) is 0 Å². The van der Waals surface area contributed by atoms with Crippen LogP contribution in [0, 0.1) is 6.92 Å². The number of hydrogen-bond acceptors (Lipinski definition) is 6.